The number of nitrogens with zero attached hydrogens (tertiary/aromatic N) is 3. The summed E-state index contributed by atoms with van der Waals surface area (Å²) in [5.41, 5.74) is 6.96. The van der Waals surface area contributed by atoms with Crippen LogP contribution >= 0.6 is 0 Å². The Labute approximate surface area is 168 Å². The van der Waals surface area contributed by atoms with Gasteiger partial charge in [-0.2, -0.15) is 8.42 Å². The number of amides is 6. The first-order valence-corrected chi connectivity index (χ1v) is 9.86. The van der Waals surface area contributed by atoms with Crippen LogP contribution in [0.5, 0.6) is 5.75 Å². The number of H-pyrrole nitrogens is 1. The number of hydrogen-bond donors (Lipinski definition) is 5. The van der Waals surface area contributed by atoms with E-state index in [9.17, 15) is 37.5 Å². The molecule has 0 aromatic carbocycles. The maximum atomic E-state index is 12.3. The van der Waals surface area contributed by atoms with E-state index in [4.69, 9.17) is 5.73 Å². The van der Waals surface area contributed by atoms with Crippen molar-refractivity contribution in [1.29, 1.82) is 0 Å². The number of hydrazine groups is 1. The van der Waals surface area contributed by atoms with Crippen LogP contribution in [0.3, 0.4) is 0 Å². The van der Waals surface area contributed by atoms with Crippen LogP contribution in [0.2, 0.25) is 0 Å². The number of nitrogens with one attached hydrogen (secondary N) is 3. The van der Waals surface area contributed by atoms with Crippen LogP contribution in [-0.4, -0.2) is 82.3 Å². The molecule has 162 valence electrons. The predicted molar refractivity (Wildman–Crippen MR) is 96.5 cm³/mol. The molecule has 30 heavy (non-hydrogen) atoms. The highest BCUT2D eigenvalue weighted by Gasteiger charge is 2.43. The number of carbonyl (C=O) groups is 4. The number of pyridine rings is 1. The summed E-state index contributed by atoms with van der Waals surface area (Å²) in [5, 5.41) is 9.89. The minimum Gasteiger partial charge on any atom is -0.503 e. The van der Waals surface area contributed by atoms with Crippen molar-refractivity contribution in [2.24, 2.45) is 5.73 Å². The van der Waals surface area contributed by atoms with Crippen molar-refractivity contribution in [3.63, 3.8) is 0 Å². The third kappa shape index (κ3) is 4.03. The minimum atomic E-state index is -4.63. The summed E-state index contributed by atoms with van der Waals surface area (Å²) in [7, 11) is -4.63. The van der Waals surface area contributed by atoms with Crippen molar-refractivity contribution < 1.29 is 32.7 Å². The number of hydrogen-bond acceptors (Lipinski definition) is 9. The summed E-state index contributed by atoms with van der Waals surface area (Å²) in [5.74, 6) is -2.02. The normalized spacial score (nSPS) is 19.0. The molecule has 3 rings (SSSR count). The zero-order chi connectivity index (χ0) is 22.2. The van der Waals surface area contributed by atoms with Crippen LogP contribution in [-0.2, 0) is 26.2 Å². The number of imide groups is 1. The number of urea groups is 2. The molecule has 2 aliphatic heterocycles. The largest absolute Gasteiger partial charge is 0.503 e. The van der Waals surface area contributed by atoms with Crippen LogP contribution in [0, 0.1) is 0 Å². The maximum Gasteiger partial charge on any atom is 0.353 e. The average Bonchev–Trinajstić information content (AvgIpc) is 3.03. The van der Waals surface area contributed by atoms with Crippen molar-refractivity contribution in [2.75, 3.05) is 19.6 Å². The Morgan fingerprint density at radius 1 is 1.27 bits per heavy atom. The summed E-state index contributed by atoms with van der Waals surface area (Å²) in [6.45, 7) is -0.736. The highest BCUT2D eigenvalue weighted by Crippen LogP contribution is 2.13. The van der Waals surface area contributed by atoms with Gasteiger partial charge in [-0.25, -0.2) is 23.6 Å². The van der Waals surface area contributed by atoms with Gasteiger partial charge in [0.1, 0.15) is 6.04 Å². The van der Waals surface area contributed by atoms with E-state index in [1.54, 1.807) is 4.72 Å². The Balaban J connectivity index is 1.58. The van der Waals surface area contributed by atoms with Crippen molar-refractivity contribution in [1.82, 2.24) is 29.3 Å². The molecule has 15 nitrogen and oxygen atoms in total. The first-order valence-electron chi connectivity index (χ1n) is 8.42. The summed E-state index contributed by atoms with van der Waals surface area (Å²) in [6, 6.07) is -2.26. The van der Waals surface area contributed by atoms with Gasteiger partial charge in [-0.05, 0) is 0 Å². The highest BCUT2D eigenvalue weighted by molar-refractivity contribution is 7.88. The van der Waals surface area contributed by atoms with Gasteiger partial charge in [0.2, 0.25) is 17.2 Å². The Morgan fingerprint density at radius 3 is 2.57 bits per heavy atom. The average molecular weight is 443 g/mol. The Hall–Kier alpha value is -3.66. The van der Waals surface area contributed by atoms with Crippen molar-refractivity contribution in [3.05, 3.63) is 28.2 Å². The number of carbonyl (C=O) groups excluding carboxylic acids is 4. The molecule has 1 aromatic heterocycles. The summed E-state index contributed by atoms with van der Waals surface area (Å²) < 4.78 is 26.5. The first-order chi connectivity index (χ1) is 14.0. The molecule has 0 radical (unpaired) electrons. The molecule has 0 unspecified atom stereocenters. The Bertz CT molecular complexity index is 1080. The second-order valence-electron chi connectivity index (χ2n) is 6.39. The Morgan fingerprint density at radius 2 is 1.97 bits per heavy atom. The molecular formula is C14H17N7O8S. The first kappa shape index (κ1) is 21.1. The van der Waals surface area contributed by atoms with E-state index < -0.39 is 51.3 Å². The molecule has 16 heteroatoms. The third-order valence-electron chi connectivity index (χ3n) is 4.25. The molecule has 6 N–H and O–H groups in total. The number of likely N-dealkylation sites (tertiary alicyclic amines) is 1. The van der Waals surface area contributed by atoms with Crippen molar-refractivity contribution in [3.8, 4) is 5.75 Å². The second-order valence-corrected chi connectivity index (χ2v) is 7.99. The standard InChI is InChI=1S/C14H17N7O8S/c15-8-6-19(12(8)25)13(26)18-30(28,29)21-2-1-20(14(21)27)17-11(24)4-7-3-9(22)10(23)5-16-7/h3,5,8,23H,1-2,4,6,15H2,(H,16,22)(H,17,24)(H,18,26)/t8-/m0/s1. The predicted octanol–water partition coefficient (Wildman–Crippen LogP) is -3.48. The minimum absolute atomic E-state index is 0.149. The summed E-state index contributed by atoms with van der Waals surface area (Å²) in [6.07, 6.45) is 0.638. The number of nitrogens with two attached hydrogens (primary N) is 1. The van der Waals surface area contributed by atoms with Gasteiger partial charge in [0.15, 0.2) is 5.75 Å². The monoisotopic (exact) mass is 443 g/mol. The van der Waals surface area contributed by atoms with Crippen molar-refractivity contribution in [2.45, 2.75) is 12.5 Å². The van der Waals surface area contributed by atoms with Gasteiger partial charge in [0, 0.05) is 18.0 Å². The fourth-order valence-corrected chi connectivity index (χ4v) is 3.74. The van der Waals surface area contributed by atoms with Crippen LogP contribution < -0.4 is 21.3 Å². The lowest BCUT2D eigenvalue weighted by atomic mass is 10.1. The number of aromatic hydroxyl groups is 1. The number of rotatable bonds is 5. The molecule has 1 atom stereocenters. The molecular weight excluding hydrogens is 426 g/mol. The SMILES string of the molecule is N[C@H]1CN(C(=O)NS(=O)(=O)N2CCN(NC(=O)Cc3cc(=O)c(O)c[nH]3)C2=O)C1=O. The molecule has 0 aliphatic carbocycles. The fourth-order valence-electron chi connectivity index (χ4n) is 2.67. The van der Waals surface area contributed by atoms with E-state index in [0.717, 1.165) is 17.3 Å². The van der Waals surface area contributed by atoms with Gasteiger partial charge in [-0.3, -0.25) is 24.7 Å². The summed E-state index contributed by atoms with van der Waals surface area (Å²) in [4.78, 5) is 62.1. The van der Waals surface area contributed by atoms with Gasteiger partial charge >= 0.3 is 22.3 Å². The molecule has 0 bridgehead atoms. The van der Waals surface area contributed by atoms with Crippen molar-refractivity contribution >= 4 is 34.1 Å². The maximum absolute atomic E-state index is 12.3. The summed E-state index contributed by atoms with van der Waals surface area (Å²) >= 11 is 0. The van der Waals surface area contributed by atoms with E-state index in [-0.39, 0.29) is 31.7 Å². The number of aromatic amines is 1. The zero-order valence-electron chi connectivity index (χ0n) is 15.2. The quantitative estimate of drug-likeness (QED) is 0.285. The topological polar surface area (TPSA) is 215 Å². The van der Waals surface area contributed by atoms with E-state index >= 15 is 0 Å². The number of aromatic nitrogens is 1. The van der Waals surface area contributed by atoms with Crippen LogP contribution in [0.1, 0.15) is 5.69 Å². The lowest BCUT2D eigenvalue weighted by Crippen LogP contribution is -2.66. The zero-order valence-corrected chi connectivity index (χ0v) is 16.0. The van der Waals surface area contributed by atoms with E-state index in [2.05, 4.69) is 10.4 Å². The smallest absolute Gasteiger partial charge is 0.353 e. The molecule has 2 fully saturated rings. The molecule has 2 saturated heterocycles. The van der Waals surface area contributed by atoms with Crippen LogP contribution in [0.4, 0.5) is 9.59 Å². The van der Waals surface area contributed by atoms with E-state index in [0.29, 0.717) is 9.21 Å². The van der Waals surface area contributed by atoms with Gasteiger partial charge in [0.05, 0.1) is 26.1 Å². The Kier molecular flexibility index (Phi) is 5.36. The lowest BCUT2D eigenvalue weighted by Gasteiger charge is -2.34. The van der Waals surface area contributed by atoms with E-state index in [1.165, 1.54) is 0 Å². The van der Waals surface area contributed by atoms with Gasteiger partial charge in [0.25, 0.3) is 0 Å². The van der Waals surface area contributed by atoms with Gasteiger partial charge in [-0.15, -0.1) is 0 Å². The molecule has 6 amide bonds. The molecule has 0 spiro atoms. The van der Waals surface area contributed by atoms with Crippen LogP contribution in [0.25, 0.3) is 0 Å². The van der Waals surface area contributed by atoms with Gasteiger partial charge < -0.3 is 15.8 Å². The fraction of sp³-hybridized carbons (Fsp3) is 0.357. The van der Waals surface area contributed by atoms with E-state index in [1.807, 2.05) is 0 Å². The molecule has 0 saturated carbocycles. The van der Waals surface area contributed by atoms with Crippen LogP contribution in [0.15, 0.2) is 17.1 Å². The third-order valence-corrected chi connectivity index (χ3v) is 5.60. The molecule has 1 aromatic rings. The number of β-lactam (4-membered cyclic amide) rings is 1. The molecule has 2 aliphatic rings. The highest BCUT2D eigenvalue weighted by atomic mass is 32.2. The molecule has 3 heterocycles. The lowest BCUT2D eigenvalue weighted by molar-refractivity contribution is -0.137. The second kappa shape index (κ2) is 7.64. The van der Waals surface area contributed by atoms with Gasteiger partial charge in [-0.1, -0.05) is 0 Å².